The molecule has 1 atom stereocenters. The molecule has 15 heteroatoms. The second kappa shape index (κ2) is 9.81. The number of hydrogen-bond acceptors (Lipinski definition) is 6. The van der Waals surface area contributed by atoms with E-state index in [0.717, 1.165) is 10.9 Å². The molecular formula is C24H24ClF4N7O3. The van der Waals surface area contributed by atoms with E-state index in [1.165, 1.54) is 26.3 Å². The molecule has 3 aromatic rings. The van der Waals surface area contributed by atoms with Crippen molar-refractivity contribution in [1.82, 2.24) is 35.2 Å². The molecule has 1 aliphatic carbocycles. The molecule has 0 radical (unpaired) electrons. The highest BCUT2D eigenvalue weighted by atomic mass is 35.5. The van der Waals surface area contributed by atoms with Crippen LogP contribution in [0.3, 0.4) is 0 Å². The van der Waals surface area contributed by atoms with Crippen molar-refractivity contribution in [3.63, 3.8) is 0 Å². The fraction of sp³-hybridized carbons (Fsp3) is 0.458. The van der Waals surface area contributed by atoms with E-state index in [2.05, 4.69) is 25.6 Å². The van der Waals surface area contributed by atoms with Crippen LogP contribution in [-0.4, -0.2) is 60.9 Å². The lowest BCUT2D eigenvalue weighted by molar-refractivity contribution is -0.142. The molecule has 39 heavy (non-hydrogen) atoms. The molecule has 1 saturated carbocycles. The number of halogens is 5. The number of piperidine rings is 1. The molecular weight excluding hydrogens is 546 g/mol. The van der Waals surface area contributed by atoms with Gasteiger partial charge in [-0.25, -0.2) is 9.37 Å². The first kappa shape index (κ1) is 26.9. The summed E-state index contributed by atoms with van der Waals surface area (Å²) in [5.41, 5.74) is -1.47. The van der Waals surface area contributed by atoms with Gasteiger partial charge in [-0.05, 0) is 31.7 Å². The zero-order valence-electron chi connectivity index (χ0n) is 20.9. The van der Waals surface area contributed by atoms with Crippen LogP contribution in [0, 0.1) is 11.7 Å². The number of likely N-dealkylation sites (tertiary alicyclic amines) is 1. The van der Waals surface area contributed by atoms with Gasteiger partial charge in [-0.3, -0.25) is 19.4 Å². The summed E-state index contributed by atoms with van der Waals surface area (Å²) in [6.45, 7) is -0.149. The van der Waals surface area contributed by atoms with Crippen LogP contribution < -0.4 is 10.1 Å². The number of aromatic nitrogens is 5. The first-order valence-corrected chi connectivity index (χ1v) is 12.4. The summed E-state index contributed by atoms with van der Waals surface area (Å²) < 4.78 is 60.2. The van der Waals surface area contributed by atoms with Crippen molar-refractivity contribution in [2.75, 3.05) is 13.7 Å². The van der Waals surface area contributed by atoms with Crippen molar-refractivity contribution in [3.05, 3.63) is 46.3 Å². The molecule has 4 heterocycles. The summed E-state index contributed by atoms with van der Waals surface area (Å²) in [4.78, 5) is 31.8. The van der Waals surface area contributed by atoms with Gasteiger partial charge in [0.05, 0.1) is 19.0 Å². The van der Waals surface area contributed by atoms with Gasteiger partial charge >= 0.3 is 6.18 Å². The summed E-state index contributed by atoms with van der Waals surface area (Å²) >= 11 is 5.99. The number of carbonyl (C=O) groups is 2. The van der Waals surface area contributed by atoms with Crippen molar-refractivity contribution < 1.29 is 31.9 Å². The maximum absolute atomic E-state index is 14.3. The third-order valence-corrected chi connectivity index (χ3v) is 7.72. The number of hydrogen-bond donors (Lipinski definition) is 2. The quantitative estimate of drug-likeness (QED) is 0.437. The van der Waals surface area contributed by atoms with Gasteiger partial charge in [-0.1, -0.05) is 11.6 Å². The summed E-state index contributed by atoms with van der Waals surface area (Å²) in [5, 5.41) is 12.5. The Balaban J connectivity index is 1.25. The number of aryl methyl sites for hydroxylation is 1. The highest BCUT2D eigenvalue weighted by molar-refractivity contribution is 6.30. The van der Waals surface area contributed by atoms with Crippen molar-refractivity contribution >= 4 is 23.4 Å². The Morgan fingerprint density at radius 2 is 2.05 bits per heavy atom. The molecule has 0 aromatic carbocycles. The average molecular weight is 570 g/mol. The lowest BCUT2D eigenvalue weighted by Crippen LogP contribution is -2.50. The molecule has 0 bridgehead atoms. The Kier molecular flexibility index (Phi) is 6.77. The monoisotopic (exact) mass is 569 g/mol. The maximum Gasteiger partial charge on any atom is 0.435 e. The van der Waals surface area contributed by atoms with Crippen LogP contribution >= 0.6 is 11.6 Å². The van der Waals surface area contributed by atoms with Crippen LogP contribution in [0.1, 0.15) is 47.4 Å². The summed E-state index contributed by atoms with van der Waals surface area (Å²) in [6.07, 6.45) is -1.64. The van der Waals surface area contributed by atoms with Crippen molar-refractivity contribution in [2.45, 2.75) is 43.9 Å². The van der Waals surface area contributed by atoms with Crippen LogP contribution in [0.25, 0.3) is 11.3 Å². The van der Waals surface area contributed by atoms with E-state index in [4.69, 9.17) is 16.3 Å². The van der Waals surface area contributed by atoms with E-state index < -0.39 is 41.6 Å². The van der Waals surface area contributed by atoms with E-state index in [0.29, 0.717) is 25.7 Å². The largest absolute Gasteiger partial charge is 0.481 e. The Bertz CT molecular complexity index is 1430. The van der Waals surface area contributed by atoms with Crippen LogP contribution in [0.15, 0.2) is 18.3 Å². The van der Waals surface area contributed by atoms with Crippen molar-refractivity contribution in [1.29, 1.82) is 0 Å². The highest BCUT2D eigenvalue weighted by Crippen LogP contribution is 2.50. The number of pyridine rings is 1. The first-order chi connectivity index (χ1) is 18.4. The maximum atomic E-state index is 14.3. The lowest BCUT2D eigenvalue weighted by atomic mass is 9.88. The van der Waals surface area contributed by atoms with E-state index in [9.17, 15) is 27.2 Å². The van der Waals surface area contributed by atoms with E-state index in [1.54, 1.807) is 4.90 Å². The standard InChI is InChI=1S/C24H24ClF4N7O3/c1-35-20(25)14(19(34-35)24(27,28)29)10-31-21(37)12-3-6-36(23(9-12)4-5-23)22(38)17-8-16(32-33-17)13-7-18(39-2)30-11-15(13)26/h7-8,11-12H,3-6,9-10H2,1-2H3,(H,31,37)(H,32,33)/t12-/m0/s1. The van der Waals surface area contributed by atoms with E-state index >= 15 is 0 Å². The summed E-state index contributed by atoms with van der Waals surface area (Å²) in [5.74, 6) is -1.66. The average Bonchev–Trinajstić information content (AvgIpc) is 3.35. The molecule has 2 N–H and O–H groups in total. The summed E-state index contributed by atoms with van der Waals surface area (Å²) in [7, 11) is 2.69. The van der Waals surface area contributed by atoms with E-state index in [-0.39, 0.29) is 46.0 Å². The Morgan fingerprint density at radius 3 is 2.72 bits per heavy atom. The second-order valence-corrected chi connectivity index (χ2v) is 10.1. The molecule has 0 unspecified atom stereocenters. The number of rotatable bonds is 6. The smallest absolute Gasteiger partial charge is 0.435 e. The van der Waals surface area contributed by atoms with E-state index in [1.807, 2.05) is 0 Å². The molecule has 2 amide bonds. The number of alkyl halides is 3. The number of aromatic amines is 1. The topological polar surface area (TPSA) is 118 Å². The highest BCUT2D eigenvalue weighted by Gasteiger charge is 2.54. The number of methoxy groups -OCH3 is 1. The van der Waals surface area contributed by atoms with Crippen LogP contribution in [0.5, 0.6) is 5.88 Å². The van der Waals surface area contributed by atoms with Crippen LogP contribution in [0.2, 0.25) is 5.15 Å². The zero-order valence-corrected chi connectivity index (χ0v) is 21.7. The van der Waals surface area contributed by atoms with Gasteiger partial charge < -0.3 is 15.0 Å². The lowest BCUT2D eigenvalue weighted by Gasteiger charge is -2.39. The van der Waals surface area contributed by atoms with Gasteiger partial charge in [0.2, 0.25) is 11.8 Å². The minimum absolute atomic E-state index is 0.121. The minimum Gasteiger partial charge on any atom is -0.481 e. The number of nitrogens with one attached hydrogen (secondary N) is 2. The zero-order chi connectivity index (χ0) is 28.1. The molecule has 1 spiro atoms. The molecule has 2 aliphatic rings. The predicted molar refractivity (Wildman–Crippen MR) is 129 cm³/mol. The predicted octanol–water partition coefficient (Wildman–Crippen LogP) is 3.73. The first-order valence-electron chi connectivity index (χ1n) is 12.1. The number of ether oxygens (including phenoxy) is 1. The fourth-order valence-electron chi connectivity index (χ4n) is 5.05. The number of nitrogens with zero attached hydrogens (tertiary/aromatic N) is 5. The third-order valence-electron chi connectivity index (χ3n) is 7.24. The Labute approximate surface area is 224 Å². The number of carbonyl (C=O) groups excluding carboxylic acids is 2. The molecule has 10 nitrogen and oxygen atoms in total. The van der Waals surface area contributed by atoms with Gasteiger partial charge in [0.25, 0.3) is 5.91 Å². The third kappa shape index (κ3) is 5.04. The van der Waals surface area contributed by atoms with Crippen LogP contribution in [-0.2, 0) is 24.6 Å². The molecule has 208 valence electrons. The summed E-state index contributed by atoms with van der Waals surface area (Å²) in [6, 6.07) is 2.83. The van der Waals surface area contributed by atoms with Gasteiger partial charge in [-0.15, -0.1) is 0 Å². The molecule has 3 aromatic heterocycles. The number of amides is 2. The molecule has 1 saturated heterocycles. The van der Waals surface area contributed by atoms with Crippen LogP contribution in [0.4, 0.5) is 17.6 Å². The van der Waals surface area contributed by atoms with Crippen molar-refractivity contribution in [2.24, 2.45) is 13.0 Å². The molecule has 2 fully saturated rings. The van der Waals surface area contributed by atoms with Gasteiger partial charge in [0.15, 0.2) is 11.5 Å². The molecule has 5 rings (SSSR count). The second-order valence-electron chi connectivity index (χ2n) is 9.70. The minimum atomic E-state index is -4.71. The Morgan fingerprint density at radius 1 is 1.31 bits per heavy atom. The Hall–Kier alpha value is -3.68. The SMILES string of the molecule is COc1cc(-c2cc(C(=O)N3CC[C@H](C(=O)NCc4c(C(F)(F)F)nn(C)c4Cl)CC34CC4)[nH]n2)c(F)cn1. The van der Waals surface area contributed by atoms with Gasteiger partial charge in [0.1, 0.15) is 10.8 Å². The van der Waals surface area contributed by atoms with Crippen molar-refractivity contribution in [3.8, 4) is 17.1 Å². The normalized spacial score (nSPS) is 18.3. The fourth-order valence-corrected chi connectivity index (χ4v) is 5.24. The number of H-pyrrole nitrogens is 1. The van der Waals surface area contributed by atoms with Gasteiger partial charge in [-0.2, -0.15) is 23.4 Å². The van der Waals surface area contributed by atoms with Gasteiger partial charge in [0, 0.05) is 48.8 Å². The molecule has 1 aliphatic heterocycles.